The highest BCUT2D eigenvalue weighted by Gasteiger charge is 1.99. The molecule has 2 nitrogen and oxygen atoms in total. The zero-order valence-electron chi connectivity index (χ0n) is 11.2. The topological polar surface area (TPSA) is 29.5 Å². The summed E-state index contributed by atoms with van der Waals surface area (Å²) >= 11 is 0. The molecule has 0 aliphatic heterocycles. The molecule has 0 heterocycles. The zero-order valence-corrected chi connectivity index (χ0v) is 11.2. The van der Waals surface area contributed by atoms with E-state index in [2.05, 4.69) is 6.92 Å². The maximum absolute atomic E-state index is 9.67. The number of hydrogen-bond acceptors (Lipinski definition) is 2. The van der Waals surface area contributed by atoms with Crippen molar-refractivity contribution >= 4 is 0 Å². The number of hydrogen-bond donors (Lipinski definition) is 1. The highest BCUT2D eigenvalue weighted by atomic mass is 16.5. The van der Waals surface area contributed by atoms with Gasteiger partial charge in [-0.15, -0.1) is 0 Å². The lowest BCUT2D eigenvalue weighted by Gasteiger charge is -2.07. The molecule has 0 saturated heterocycles. The molecular formula is C16H24O2. The van der Waals surface area contributed by atoms with Crippen LogP contribution in [0.15, 0.2) is 42.5 Å². The molecule has 0 fully saturated rings. The molecule has 1 atom stereocenters. The van der Waals surface area contributed by atoms with Crippen LogP contribution >= 0.6 is 0 Å². The van der Waals surface area contributed by atoms with Gasteiger partial charge >= 0.3 is 0 Å². The predicted molar refractivity (Wildman–Crippen MR) is 75.4 cm³/mol. The van der Waals surface area contributed by atoms with Crippen molar-refractivity contribution in [3.05, 3.63) is 48.0 Å². The lowest BCUT2D eigenvalue weighted by atomic mass is 10.2. The first kappa shape index (κ1) is 14.9. The molecule has 1 rings (SSSR count). The number of unbranched alkanes of at least 4 members (excludes halogenated alkanes) is 3. The predicted octanol–water partition coefficient (Wildman–Crippen LogP) is 3.70. The SMILES string of the molecule is CCCCC/C=C/C(O)COCc1ccccc1. The molecule has 1 aromatic rings. The van der Waals surface area contributed by atoms with Gasteiger partial charge in [0, 0.05) is 0 Å². The van der Waals surface area contributed by atoms with Gasteiger partial charge in [0.25, 0.3) is 0 Å². The summed E-state index contributed by atoms with van der Waals surface area (Å²) in [7, 11) is 0. The van der Waals surface area contributed by atoms with Gasteiger partial charge < -0.3 is 9.84 Å². The maximum atomic E-state index is 9.67. The standard InChI is InChI=1S/C16H24O2/c1-2-3-4-5-9-12-16(17)14-18-13-15-10-7-6-8-11-15/h6-12,16-17H,2-5,13-14H2,1H3/b12-9+. The molecular weight excluding hydrogens is 224 g/mol. The van der Waals surface area contributed by atoms with Crippen molar-refractivity contribution < 1.29 is 9.84 Å². The summed E-state index contributed by atoms with van der Waals surface area (Å²) < 4.78 is 5.46. The average Bonchev–Trinajstić information content (AvgIpc) is 2.40. The van der Waals surface area contributed by atoms with Crippen LogP contribution < -0.4 is 0 Å². The Morgan fingerprint density at radius 2 is 2.00 bits per heavy atom. The van der Waals surface area contributed by atoms with Gasteiger partial charge in [0.1, 0.15) is 0 Å². The van der Waals surface area contributed by atoms with Crippen molar-refractivity contribution in [1.82, 2.24) is 0 Å². The molecule has 0 saturated carbocycles. The van der Waals surface area contributed by atoms with Gasteiger partial charge in [0.15, 0.2) is 0 Å². The van der Waals surface area contributed by atoms with E-state index >= 15 is 0 Å². The fourth-order valence-electron chi connectivity index (χ4n) is 1.69. The summed E-state index contributed by atoms with van der Waals surface area (Å²) in [6.45, 7) is 3.11. The largest absolute Gasteiger partial charge is 0.387 e. The van der Waals surface area contributed by atoms with Gasteiger partial charge in [-0.1, -0.05) is 62.2 Å². The van der Waals surface area contributed by atoms with E-state index in [9.17, 15) is 5.11 Å². The molecule has 0 aliphatic carbocycles. The summed E-state index contributed by atoms with van der Waals surface area (Å²) in [6.07, 6.45) is 8.12. The third kappa shape index (κ3) is 7.25. The molecule has 0 amide bonds. The number of allylic oxidation sites excluding steroid dienone is 1. The molecule has 0 spiro atoms. The molecule has 1 aromatic carbocycles. The first-order valence-electron chi connectivity index (χ1n) is 6.79. The van der Waals surface area contributed by atoms with Gasteiger partial charge in [0.2, 0.25) is 0 Å². The lowest BCUT2D eigenvalue weighted by Crippen LogP contribution is -2.12. The van der Waals surface area contributed by atoms with Gasteiger partial charge in [-0.2, -0.15) is 0 Å². The first-order chi connectivity index (χ1) is 8.83. The molecule has 18 heavy (non-hydrogen) atoms. The second-order valence-electron chi connectivity index (χ2n) is 4.49. The quantitative estimate of drug-likeness (QED) is 0.533. The Kier molecular flexibility index (Phi) is 8.19. The van der Waals surface area contributed by atoms with Crippen LogP contribution in [0.2, 0.25) is 0 Å². The fraction of sp³-hybridized carbons (Fsp3) is 0.500. The van der Waals surface area contributed by atoms with Crippen LogP contribution in [-0.4, -0.2) is 17.8 Å². The molecule has 0 bridgehead atoms. The van der Waals surface area contributed by atoms with Crippen molar-refractivity contribution in [2.45, 2.75) is 45.3 Å². The first-order valence-corrected chi connectivity index (χ1v) is 6.79. The van der Waals surface area contributed by atoms with Gasteiger partial charge in [-0.25, -0.2) is 0 Å². The van der Waals surface area contributed by atoms with E-state index in [0.29, 0.717) is 13.2 Å². The van der Waals surface area contributed by atoms with Crippen molar-refractivity contribution in [3.63, 3.8) is 0 Å². The number of aliphatic hydroxyl groups excluding tert-OH is 1. The number of ether oxygens (including phenoxy) is 1. The van der Waals surface area contributed by atoms with Crippen LogP contribution in [0.4, 0.5) is 0 Å². The van der Waals surface area contributed by atoms with Gasteiger partial charge in [-0.3, -0.25) is 0 Å². The van der Waals surface area contributed by atoms with Crippen LogP contribution in [0.1, 0.15) is 38.2 Å². The Hall–Kier alpha value is -1.12. The van der Waals surface area contributed by atoms with Crippen LogP contribution in [0.3, 0.4) is 0 Å². The van der Waals surface area contributed by atoms with Crippen LogP contribution in [-0.2, 0) is 11.3 Å². The molecule has 100 valence electrons. The maximum Gasteiger partial charge on any atom is 0.0954 e. The summed E-state index contributed by atoms with van der Waals surface area (Å²) in [5, 5.41) is 9.67. The van der Waals surface area contributed by atoms with Crippen molar-refractivity contribution in [2.75, 3.05) is 6.61 Å². The number of aliphatic hydroxyl groups is 1. The summed E-state index contributed by atoms with van der Waals surface area (Å²) in [6, 6.07) is 10.0. The van der Waals surface area contributed by atoms with E-state index in [1.54, 1.807) is 0 Å². The second-order valence-corrected chi connectivity index (χ2v) is 4.49. The highest BCUT2D eigenvalue weighted by Crippen LogP contribution is 2.03. The van der Waals surface area contributed by atoms with E-state index < -0.39 is 6.10 Å². The minimum atomic E-state index is -0.490. The fourth-order valence-corrected chi connectivity index (χ4v) is 1.69. The number of rotatable bonds is 9. The summed E-state index contributed by atoms with van der Waals surface area (Å²) in [5.74, 6) is 0. The summed E-state index contributed by atoms with van der Waals surface area (Å²) in [5.41, 5.74) is 1.14. The highest BCUT2D eigenvalue weighted by molar-refractivity contribution is 5.13. The van der Waals surface area contributed by atoms with Gasteiger partial charge in [0.05, 0.1) is 19.3 Å². The Morgan fingerprint density at radius 1 is 1.22 bits per heavy atom. The average molecular weight is 248 g/mol. The van der Waals surface area contributed by atoms with E-state index in [1.807, 2.05) is 42.5 Å². The minimum Gasteiger partial charge on any atom is -0.387 e. The Balaban J connectivity index is 2.08. The van der Waals surface area contributed by atoms with Crippen molar-refractivity contribution in [1.29, 1.82) is 0 Å². The third-order valence-corrected chi connectivity index (χ3v) is 2.73. The minimum absolute atomic E-state index is 0.360. The molecule has 0 radical (unpaired) electrons. The number of benzene rings is 1. The Bertz CT molecular complexity index is 319. The molecule has 0 aromatic heterocycles. The van der Waals surface area contributed by atoms with E-state index in [0.717, 1.165) is 12.0 Å². The van der Waals surface area contributed by atoms with E-state index in [4.69, 9.17) is 4.74 Å². The third-order valence-electron chi connectivity index (χ3n) is 2.73. The molecule has 1 unspecified atom stereocenters. The monoisotopic (exact) mass is 248 g/mol. The van der Waals surface area contributed by atoms with Crippen LogP contribution in [0, 0.1) is 0 Å². The van der Waals surface area contributed by atoms with Gasteiger partial charge in [-0.05, 0) is 18.4 Å². The van der Waals surface area contributed by atoms with Crippen molar-refractivity contribution in [3.8, 4) is 0 Å². The Labute approximate surface area is 110 Å². The van der Waals surface area contributed by atoms with Crippen LogP contribution in [0.25, 0.3) is 0 Å². The van der Waals surface area contributed by atoms with E-state index in [-0.39, 0.29) is 0 Å². The zero-order chi connectivity index (χ0) is 13.1. The smallest absolute Gasteiger partial charge is 0.0954 e. The molecule has 0 aliphatic rings. The molecule has 2 heteroatoms. The summed E-state index contributed by atoms with van der Waals surface area (Å²) in [4.78, 5) is 0. The van der Waals surface area contributed by atoms with Crippen LogP contribution in [0.5, 0.6) is 0 Å². The lowest BCUT2D eigenvalue weighted by molar-refractivity contribution is 0.0502. The second kappa shape index (κ2) is 9.86. The van der Waals surface area contributed by atoms with Crippen molar-refractivity contribution in [2.24, 2.45) is 0 Å². The molecule has 1 N–H and O–H groups in total. The normalized spacial score (nSPS) is 13.0. The Morgan fingerprint density at radius 3 is 2.72 bits per heavy atom. The van der Waals surface area contributed by atoms with E-state index in [1.165, 1.54) is 19.3 Å².